The van der Waals surface area contributed by atoms with Crippen LogP contribution in [-0.2, 0) is 9.59 Å². The molecule has 5 nitrogen and oxygen atoms in total. The third kappa shape index (κ3) is 3.68. The SMILES string of the molecule is O=C1C[C@@H](N2CCN(c3ccccc3)CC2)C(=O)N1c1cc(Cl)cc(Cl)c1. The van der Waals surface area contributed by atoms with Gasteiger partial charge in [0, 0.05) is 41.9 Å². The first kappa shape index (κ1) is 18.3. The Labute approximate surface area is 168 Å². The molecule has 0 radical (unpaired) electrons. The number of amides is 2. The Bertz CT molecular complexity index is 847. The van der Waals surface area contributed by atoms with Crippen molar-refractivity contribution < 1.29 is 9.59 Å². The molecule has 0 unspecified atom stereocenters. The van der Waals surface area contributed by atoms with E-state index in [2.05, 4.69) is 21.9 Å². The lowest BCUT2D eigenvalue weighted by molar-refractivity contribution is -0.123. The summed E-state index contributed by atoms with van der Waals surface area (Å²) in [6, 6.07) is 14.6. The lowest BCUT2D eigenvalue weighted by Gasteiger charge is -2.38. The normalized spacial score (nSPS) is 21.2. The predicted molar refractivity (Wildman–Crippen MR) is 108 cm³/mol. The lowest BCUT2D eigenvalue weighted by Crippen LogP contribution is -2.52. The van der Waals surface area contributed by atoms with Gasteiger partial charge in [0.2, 0.25) is 5.91 Å². The quantitative estimate of drug-likeness (QED) is 0.736. The number of hydrogen-bond acceptors (Lipinski definition) is 4. The van der Waals surface area contributed by atoms with Gasteiger partial charge in [-0.25, -0.2) is 4.90 Å². The summed E-state index contributed by atoms with van der Waals surface area (Å²) in [5.41, 5.74) is 1.62. The van der Waals surface area contributed by atoms with E-state index in [4.69, 9.17) is 23.2 Å². The van der Waals surface area contributed by atoms with Crippen LogP contribution in [0, 0.1) is 0 Å². The topological polar surface area (TPSA) is 43.9 Å². The molecule has 0 bridgehead atoms. The highest BCUT2D eigenvalue weighted by Gasteiger charge is 2.43. The molecule has 2 fully saturated rings. The molecule has 0 spiro atoms. The maximum absolute atomic E-state index is 13.0. The summed E-state index contributed by atoms with van der Waals surface area (Å²) >= 11 is 12.1. The Balaban J connectivity index is 1.46. The van der Waals surface area contributed by atoms with Gasteiger partial charge in [0.15, 0.2) is 0 Å². The van der Waals surface area contributed by atoms with Crippen molar-refractivity contribution in [2.24, 2.45) is 0 Å². The van der Waals surface area contributed by atoms with Crippen molar-refractivity contribution in [3.63, 3.8) is 0 Å². The van der Waals surface area contributed by atoms with E-state index in [1.165, 1.54) is 10.6 Å². The number of nitrogens with zero attached hydrogens (tertiary/aromatic N) is 3. The van der Waals surface area contributed by atoms with Crippen LogP contribution >= 0.6 is 23.2 Å². The third-order valence-electron chi connectivity index (χ3n) is 5.10. The van der Waals surface area contributed by atoms with E-state index >= 15 is 0 Å². The van der Waals surface area contributed by atoms with E-state index in [9.17, 15) is 9.59 Å². The smallest absolute Gasteiger partial charge is 0.251 e. The van der Waals surface area contributed by atoms with Crippen molar-refractivity contribution in [1.82, 2.24) is 4.90 Å². The third-order valence-corrected chi connectivity index (χ3v) is 5.54. The maximum atomic E-state index is 13.0. The molecular formula is C20H19Cl2N3O2. The van der Waals surface area contributed by atoms with Crippen LogP contribution in [0.5, 0.6) is 0 Å². The second kappa shape index (κ2) is 7.50. The van der Waals surface area contributed by atoms with Gasteiger partial charge in [-0.1, -0.05) is 41.4 Å². The summed E-state index contributed by atoms with van der Waals surface area (Å²) in [5, 5.41) is 0.802. The molecule has 2 heterocycles. The molecule has 0 aromatic heterocycles. The van der Waals surface area contributed by atoms with Crippen LogP contribution in [0.25, 0.3) is 0 Å². The highest BCUT2D eigenvalue weighted by molar-refractivity contribution is 6.35. The fourth-order valence-electron chi connectivity index (χ4n) is 3.77. The van der Waals surface area contributed by atoms with E-state index in [-0.39, 0.29) is 18.2 Å². The predicted octanol–water partition coefficient (Wildman–Crippen LogP) is 3.45. The first-order valence-corrected chi connectivity index (χ1v) is 9.65. The Morgan fingerprint density at radius 1 is 0.815 bits per heavy atom. The number of para-hydroxylation sites is 1. The summed E-state index contributed by atoms with van der Waals surface area (Å²) in [5.74, 6) is -0.416. The molecule has 0 aliphatic carbocycles. The van der Waals surface area contributed by atoms with Crippen molar-refractivity contribution in [1.29, 1.82) is 0 Å². The highest BCUT2D eigenvalue weighted by atomic mass is 35.5. The van der Waals surface area contributed by atoms with Crippen LogP contribution in [-0.4, -0.2) is 48.9 Å². The van der Waals surface area contributed by atoms with Crippen LogP contribution in [0.4, 0.5) is 11.4 Å². The van der Waals surface area contributed by atoms with E-state index in [1.54, 1.807) is 18.2 Å². The van der Waals surface area contributed by atoms with Crippen molar-refractivity contribution in [2.75, 3.05) is 36.0 Å². The Morgan fingerprint density at radius 2 is 1.44 bits per heavy atom. The first-order valence-electron chi connectivity index (χ1n) is 8.90. The van der Waals surface area contributed by atoms with Crippen molar-refractivity contribution in [3.8, 4) is 0 Å². The van der Waals surface area contributed by atoms with Gasteiger partial charge >= 0.3 is 0 Å². The number of rotatable bonds is 3. The fourth-order valence-corrected chi connectivity index (χ4v) is 4.29. The molecule has 1 atom stereocenters. The minimum atomic E-state index is -0.423. The number of anilines is 2. The monoisotopic (exact) mass is 403 g/mol. The molecule has 140 valence electrons. The van der Waals surface area contributed by atoms with E-state index in [0.29, 0.717) is 15.7 Å². The minimum Gasteiger partial charge on any atom is -0.369 e. The Kier molecular flexibility index (Phi) is 5.08. The maximum Gasteiger partial charge on any atom is 0.251 e. The average molecular weight is 404 g/mol. The molecule has 4 rings (SSSR count). The fraction of sp³-hybridized carbons (Fsp3) is 0.300. The van der Waals surface area contributed by atoms with Gasteiger partial charge < -0.3 is 4.90 Å². The van der Waals surface area contributed by atoms with Crippen LogP contribution < -0.4 is 9.80 Å². The van der Waals surface area contributed by atoms with Crippen molar-refractivity contribution in [3.05, 3.63) is 58.6 Å². The van der Waals surface area contributed by atoms with Gasteiger partial charge in [-0.3, -0.25) is 14.5 Å². The van der Waals surface area contributed by atoms with Crippen LogP contribution in [0.15, 0.2) is 48.5 Å². The standard InChI is InChI=1S/C20H19Cl2N3O2/c21-14-10-15(22)12-17(11-14)25-19(26)13-18(20(25)27)24-8-6-23(7-9-24)16-4-2-1-3-5-16/h1-5,10-12,18H,6-9,13H2/t18-/m1/s1. The molecule has 2 aromatic carbocycles. The van der Waals surface area contributed by atoms with Crippen LogP contribution in [0.3, 0.4) is 0 Å². The van der Waals surface area contributed by atoms with E-state index in [1.807, 2.05) is 18.2 Å². The van der Waals surface area contributed by atoms with Gasteiger partial charge in [-0.2, -0.15) is 0 Å². The first-order chi connectivity index (χ1) is 13.0. The molecule has 2 amide bonds. The van der Waals surface area contributed by atoms with Gasteiger partial charge in [-0.05, 0) is 30.3 Å². The minimum absolute atomic E-state index is 0.189. The number of carbonyl (C=O) groups is 2. The second-order valence-electron chi connectivity index (χ2n) is 6.77. The number of hydrogen-bond donors (Lipinski definition) is 0. The van der Waals surface area contributed by atoms with Crippen LogP contribution in [0.1, 0.15) is 6.42 Å². The molecule has 2 aliphatic heterocycles. The molecule has 2 saturated heterocycles. The molecule has 7 heteroatoms. The summed E-state index contributed by atoms with van der Waals surface area (Å²) in [4.78, 5) is 31.1. The number of piperazine rings is 1. The van der Waals surface area contributed by atoms with Gasteiger partial charge in [0.25, 0.3) is 5.91 Å². The summed E-state index contributed by atoms with van der Waals surface area (Å²) < 4.78 is 0. The van der Waals surface area contributed by atoms with Crippen molar-refractivity contribution >= 4 is 46.4 Å². The van der Waals surface area contributed by atoms with Gasteiger partial charge in [0.1, 0.15) is 0 Å². The largest absolute Gasteiger partial charge is 0.369 e. The number of halogens is 2. The Hall–Kier alpha value is -2.08. The second-order valence-corrected chi connectivity index (χ2v) is 7.65. The van der Waals surface area contributed by atoms with E-state index < -0.39 is 6.04 Å². The highest BCUT2D eigenvalue weighted by Crippen LogP contribution is 2.31. The molecule has 0 N–H and O–H groups in total. The van der Waals surface area contributed by atoms with Gasteiger partial charge in [-0.15, -0.1) is 0 Å². The Morgan fingerprint density at radius 3 is 2.07 bits per heavy atom. The zero-order chi connectivity index (χ0) is 19.0. The van der Waals surface area contributed by atoms with Crippen LogP contribution in [0.2, 0.25) is 10.0 Å². The zero-order valence-electron chi connectivity index (χ0n) is 14.6. The van der Waals surface area contributed by atoms with Gasteiger partial charge in [0.05, 0.1) is 18.2 Å². The molecule has 2 aliphatic rings. The number of carbonyl (C=O) groups excluding carboxylic acids is 2. The average Bonchev–Trinajstić information content (AvgIpc) is 2.96. The summed E-state index contributed by atoms with van der Waals surface area (Å²) in [7, 11) is 0. The van der Waals surface area contributed by atoms with E-state index in [0.717, 1.165) is 26.2 Å². The molecule has 2 aromatic rings. The van der Waals surface area contributed by atoms with Crippen molar-refractivity contribution in [2.45, 2.75) is 12.5 Å². The molecule has 0 saturated carbocycles. The number of benzene rings is 2. The molecule has 27 heavy (non-hydrogen) atoms. The number of imide groups is 1. The summed E-state index contributed by atoms with van der Waals surface area (Å²) in [6.07, 6.45) is 0.189. The summed E-state index contributed by atoms with van der Waals surface area (Å²) in [6.45, 7) is 3.13. The molecular weight excluding hydrogens is 385 g/mol. The lowest BCUT2D eigenvalue weighted by atomic mass is 10.1. The zero-order valence-corrected chi connectivity index (χ0v) is 16.2.